The first-order valence-corrected chi connectivity index (χ1v) is 19.7. The Labute approximate surface area is 238 Å². The summed E-state index contributed by atoms with van der Waals surface area (Å²) in [6.45, 7) is 6.55. The van der Waals surface area contributed by atoms with Crippen molar-refractivity contribution < 1.29 is 9.32 Å². The van der Waals surface area contributed by atoms with Crippen LogP contribution in [0.2, 0.25) is 0 Å². The van der Waals surface area contributed by atoms with Gasteiger partial charge in [0.1, 0.15) is 0 Å². The van der Waals surface area contributed by atoms with Crippen LogP contribution in [0.5, 0.6) is 0 Å². The molecule has 1 aromatic rings. The van der Waals surface area contributed by atoms with Crippen LogP contribution in [0.3, 0.4) is 0 Å². The molecular weight excluding hydrogens is 483 g/mol. The molecule has 0 N–H and O–H groups in total. The number of rotatable bonds is 26. The Kier molecular flexibility index (Phi) is 20.2. The third-order valence-corrected chi connectivity index (χ3v) is 15.1. The average Bonchev–Trinajstić information content (AvgIpc) is 2.95. The van der Waals surface area contributed by atoms with E-state index < -0.39 is 6.83 Å². The fourth-order valence-corrected chi connectivity index (χ4v) is 12.7. The first-order valence-electron chi connectivity index (χ1n) is 16.8. The second-order valence-corrected chi connectivity index (χ2v) is 17.8. The number of hydrogen-bond donors (Lipinski definition) is 0. The second kappa shape index (κ2) is 21.9. The van der Waals surface area contributed by atoms with Gasteiger partial charge in [0.15, 0.2) is 0 Å². The van der Waals surface area contributed by atoms with E-state index in [2.05, 4.69) is 27.7 Å². The Morgan fingerprint density at radius 1 is 0.500 bits per heavy atom. The van der Waals surface area contributed by atoms with Gasteiger partial charge in [-0.3, -0.25) is 0 Å². The zero-order chi connectivity index (χ0) is 27.8. The molecule has 0 aliphatic carbocycles. The minimum absolute atomic E-state index is 0.0584. The molecule has 2 nitrogen and oxygen atoms in total. The molecule has 0 heterocycles. The van der Waals surface area contributed by atoms with Crippen LogP contribution >= 0.6 is 6.83 Å². The van der Waals surface area contributed by atoms with E-state index >= 15 is 0 Å². The summed E-state index contributed by atoms with van der Waals surface area (Å²) in [5.74, 6) is -0.0584. The Balaban J connectivity index is 2.66. The van der Waals surface area contributed by atoms with Gasteiger partial charge in [-0.15, -0.1) is 0 Å². The Morgan fingerprint density at radius 3 is 1.24 bits per heavy atom. The zero-order valence-electron chi connectivity index (χ0n) is 26.1. The van der Waals surface area contributed by atoms with Crippen LogP contribution < -0.4 is 0 Å². The van der Waals surface area contributed by atoms with Crippen molar-refractivity contribution in [3.05, 3.63) is 35.9 Å². The van der Waals surface area contributed by atoms with Crippen molar-refractivity contribution >= 4 is 12.8 Å². The fourth-order valence-electron chi connectivity index (χ4n) is 6.10. The van der Waals surface area contributed by atoms with Crippen molar-refractivity contribution in [2.24, 2.45) is 0 Å². The fraction of sp³-hybridized carbons (Fsp3) is 0.800. The predicted octanol–water partition coefficient (Wildman–Crippen LogP) is 12.2. The standard InChI is InChI=1S/C35H65O2P/c1-5-9-13-14-15-16-17-18-19-20-21-22-23-27-33-38(30-10-6-2,31-11-7-3,32-12-8-4)37-35(36)34-28-25-24-26-29-34/h24-26,28-29H,5-23,27,30-33H2,1-4H3. The predicted molar refractivity (Wildman–Crippen MR) is 173 cm³/mol. The zero-order valence-corrected chi connectivity index (χ0v) is 27.0. The van der Waals surface area contributed by atoms with E-state index in [-0.39, 0.29) is 5.97 Å². The van der Waals surface area contributed by atoms with Crippen molar-refractivity contribution in [2.45, 2.75) is 156 Å². The van der Waals surface area contributed by atoms with Crippen LogP contribution in [0, 0.1) is 0 Å². The molecule has 0 aromatic heterocycles. The summed E-state index contributed by atoms with van der Waals surface area (Å²) in [4.78, 5) is 13.5. The molecule has 0 bridgehead atoms. The summed E-state index contributed by atoms with van der Waals surface area (Å²) >= 11 is 0. The third kappa shape index (κ3) is 14.5. The molecular formula is C35H65O2P. The molecule has 0 aliphatic rings. The molecule has 1 aromatic carbocycles. The molecule has 0 saturated heterocycles. The van der Waals surface area contributed by atoms with E-state index in [9.17, 15) is 4.79 Å². The summed E-state index contributed by atoms with van der Waals surface area (Å²) in [5.41, 5.74) is 0.729. The Morgan fingerprint density at radius 2 is 0.842 bits per heavy atom. The SMILES string of the molecule is CCCCCCCCCCCCCCCCP(CCCC)(CCCC)(CCCC)OC(=O)c1ccccc1. The first kappa shape index (κ1) is 35.1. The molecule has 0 unspecified atom stereocenters. The molecule has 0 spiro atoms. The number of carbonyl (C=O) groups excluding carboxylic acids is 1. The van der Waals surface area contributed by atoms with Crippen molar-refractivity contribution in [3.8, 4) is 0 Å². The minimum atomic E-state index is -2.61. The van der Waals surface area contributed by atoms with Gasteiger partial charge < -0.3 is 0 Å². The molecule has 0 fully saturated rings. The normalized spacial score (nSPS) is 12.8. The summed E-state index contributed by atoms with van der Waals surface area (Å²) in [6, 6.07) is 9.77. The Hall–Kier alpha value is -0.880. The van der Waals surface area contributed by atoms with Gasteiger partial charge >= 0.3 is 213 Å². The number of carbonyl (C=O) groups is 1. The van der Waals surface area contributed by atoms with Crippen LogP contribution in [0.25, 0.3) is 0 Å². The third-order valence-electron chi connectivity index (χ3n) is 8.66. The topological polar surface area (TPSA) is 26.3 Å². The van der Waals surface area contributed by atoms with E-state index in [1.54, 1.807) is 0 Å². The second-order valence-electron chi connectivity index (χ2n) is 12.2. The van der Waals surface area contributed by atoms with Crippen LogP contribution in [0.4, 0.5) is 0 Å². The molecule has 0 aliphatic heterocycles. The van der Waals surface area contributed by atoms with E-state index in [0.29, 0.717) is 0 Å². The quantitative estimate of drug-likeness (QED) is 0.0850. The van der Waals surface area contributed by atoms with E-state index in [1.165, 1.54) is 128 Å². The monoisotopic (exact) mass is 548 g/mol. The van der Waals surface area contributed by atoms with Crippen molar-refractivity contribution in [1.82, 2.24) is 0 Å². The maximum absolute atomic E-state index is 13.5. The van der Waals surface area contributed by atoms with Crippen LogP contribution in [0.15, 0.2) is 30.3 Å². The first-order chi connectivity index (χ1) is 18.5. The molecule has 3 heteroatoms. The summed E-state index contributed by atoms with van der Waals surface area (Å²) in [7, 11) is 0. The molecule has 0 radical (unpaired) electrons. The van der Waals surface area contributed by atoms with Crippen molar-refractivity contribution in [1.29, 1.82) is 0 Å². The van der Waals surface area contributed by atoms with Gasteiger partial charge in [0.05, 0.1) is 0 Å². The van der Waals surface area contributed by atoms with Crippen LogP contribution in [0.1, 0.15) is 166 Å². The van der Waals surface area contributed by atoms with E-state index in [0.717, 1.165) is 30.2 Å². The molecule has 0 atom stereocenters. The summed E-state index contributed by atoms with van der Waals surface area (Å²) < 4.78 is 6.92. The van der Waals surface area contributed by atoms with Gasteiger partial charge in [-0.05, 0) is 0 Å². The molecule has 1 rings (SSSR count). The molecule has 0 saturated carbocycles. The van der Waals surface area contributed by atoms with Gasteiger partial charge in [-0.25, -0.2) is 0 Å². The van der Waals surface area contributed by atoms with Crippen LogP contribution in [-0.4, -0.2) is 30.6 Å². The average molecular weight is 549 g/mol. The maximum atomic E-state index is 13.5. The number of hydrogen-bond acceptors (Lipinski definition) is 2. The number of benzene rings is 1. The van der Waals surface area contributed by atoms with Gasteiger partial charge in [-0.1, -0.05) is 26.2 Å². The van der Waals surface area contributed by atoms with Gasteiger partial charge in [0, 0.05) is 0 Å². The van der Waals surface area contributed by atoms with Crippen molar-refractivity contribution in [3.63, 3.8) is 0 Å². The van der Waals surface area contributed by atoms with Crippen molar-refractivity contribution in [2.75, 3.05) is 24.6 Å². The van der Waals surface area contributed by atoms with Gasteiger partial charge in [-0.2, -0.15) is 0 Å². The van der Waals surface area contributed by atoms with Gasteiger partial charge in [0.2, 0.25) is 0 Å². The summed E-state index contributed by atoms with van der Waals surface area (Å²) in [6.07, 6.45) is 31.1. The number of unbranched alkanes of at least 4 members (excludes halogenated alkanes) is 16. The van der Waals surface area contributed by atoms with E-state index in [4.69, 9.17) is 4.52 Å². The summed E-state index contributed by atoms with van der Waals surface area (Å²) in [5, 5.41) is 0. The molecule has 38 heavy (non-hydrogen) atoms. The van der Waals surface area contributed by atoms with E-state index in [1.807, 2.05) is 30.3 Å². The van der Waals surface area contributed by atoms with Gasteiger partial charge in [0.25, 0.3) is 0 Å². The van der Waals surface area contributed by atoms with Crippen LogP contribution in [-0.2, 0) is 4.52 Å². The molecule has 222 valence electrons. The Bertz CT molecular complexity index is 662. The molecule has 0 amide bonds.